The lowest BCUT2D eigenvalue weighted by atomic mass is 9.79. The van der Waals surface area contributed by atoms with Gasteiger partial charge < -0.3 is 5.11 Å². The number of hydrogen-bond acceptors (Lipinski definition) is 3. The van der Waals surface area contributed by atoms with E-state index in [2.05, 4.69) is 0 Å². The summed E-state index contributed by atoms with van der Waals surface area (Å²) in [7, 11) is 0. The summed E-state index contributed by atoms with van der Waals surface area (Å²) < 4.78 is 0. The highest BCUT2D eigenvalue weighted by Crippen LogP contribution is 2.35. The smallest absolute Gasteiger partial charge is 0.324 e. The standard InChI is InChI=1S/C12H19NO3/c14-10-4-8-13(9-5-10)12(11(15)16)6-2-1-3-7-12/h1-9H2,(H,15,16). The van der Waals surface area contributed by atoms with Crippen LogP contribution >= 0.6 is 0 Å². The van der Waals surface area contributed by atoms with Crippen molar-refractivity contribution in [3.05, 3.63) is 0 Å². The zero-order valence-electron chi connectivity index (χ0n) is 9.57. The van der Waals surface area contributed by atoms with Gasteiger partial charge in [-0.05, 0) is 12.8 Å². The Balaban J connectivity index is 2.12. The summed E-state index contributed by atoms with van der Waals surface area (Å²) in [6, 6.07) is 0. The number of ketones is 1. The summed E-state index contributed by atoms with van der Waals surface area (Å²) in [6.45, 7) is 1.26. The van der Waals surface area contributed by atoms with Crippen molar-refractivity contribution >= 4 is 11.8 Å². The van der Waals surface area contributed by atoms with E-state index in [1.807, 2.05) is 4.90 Å². The van der Waals surface area contributed by atoms with E-state index in [4.69, 9.17) is 0 Å². The number of carbonyl (C=O) groups is 2. The van der Waals surface area contributed by atoms with Crippen molar-refractivity contribution in [1.29, 1.82) is 0 Å². The number of aliphatic carboxylic acids is 1. The number of hydrogen-bond donors (Lipinski definition) is 1. The second-order valence-electron chi connectivity index (χ2n) is 4.92. The van der Waals surface area contributed by atoms with Gasteiger partial charge >= 0.3 is 5.97 Å². The first-order valence-corrected chi connectivity index (χ1v) is 6.15. The predicted octanol–water partition coefficient (Wildman–Crippen LogP) is 1.44. The van der Waals surface area contributed by atoms with E-state index in [1.165, 1.54) is 0 Å². The molecule has 0 atom stereocenters. The van der Waals surface area contributed by atoms with Crippen molar-refractivity contribution in [2.24, 2.45) is 0 Å². The van der Waals surface area contributed by atoms with Gasteiger partial charge in [0.2, 0.25) is 0 Å². The highest BCUT2D eigenvalue weighted by atomic mass is 16.4. The SMILES string of the molecule is O=C1CCN(C2(C(=O)O)CCCCC2)CC1. The summed E-state index contributed by atoms with van der Waals surface area (Å²) in [4.78, 5) is 24.8. The van der Waals surface area contributed by atoms with Crippen LogP contribution in [-0.2, 0) is 9.59 Å². The maximum Gasteiger partial charge on any atom is 0.324 e. The monoisotopic (exact) mass is 225 g/mol. The maximum absolute atomic E-state index is 11.5. The van der Waals surface area contributed by atoms with E-state index in [1.54, 1.807) is 0 Å². The predicted molar refractivity (Wildman–Crippen MR) is 59.3 cm³/mol. The summed E-state index contributed by atoms with van der Waals surface area (Å²) in [5.41, 5.74) is -0.668. The molecule has 1 N–H and O–H groups in total. The van der Waals surface area contributed by atoms with Crippen molar-refractivity contribution in [1.82, 2.24) is 4.90 Å². The normalized spacial score (nSPS) is 26.6. The van der Waals surface area contributed by atoms with Crippen LogP contribution in [0.2, 0.25) is 0 Å². The largest absolute Gasteiger partial charge is 0.480 e. The summed E-state index contributed by atoms with van der Waals surface area (Å²) in [5.74, 6) is -0.422. The van der Waals surface area contributed by atoms with Crippen molar-refractivity contribution in [2.75, 3.05) is 13.1 Å². The number of carboxylic acids is 1. The average molecular weight is 225 g/mol. The van der Waals surface area contributed by atoms with Crippen LogP contribution in [0, 0.1) is 0 Å². The van der Waals surface area contributed by atoms with E-state index in [0.29, 0.717) is 25.9 Å². The number of nitrogens with zero attached hydrogens (tertiary/aromatic N) is 1. The Kier molecular flexibility index (Phi) is 3.28. The van der Waals surface area contributed by atoms with E-state index in [9.17, 15) is 14.7 Å². The minimum Gasteiger partial charge on any atom is -0.480 e. The van der Waals surface area contributed by atoms with Gasteiger partial charge in [0.05, 0.1) is 0 Å². The van der Waals surface area contributed by atoms with Crippen LogP contribution in [0.4, 0.5) is 0 Å². The van der Waals surface area contributed by atoms with Gasteiger partial charge in [0.1, 0.15) is 11.3 Å². The number of carboxylic acid groups (broad SMARTS) is 1. The molecular formula is C12H19NO3. The van der Waals surface area contributed by atoms with Crippen molar-refractivity contribution < 1.29 is 14.7 Å². The Bertz CT molecular complexity index is 285. The summed E-state index contributed by atoms with van der Waals surface area (Å²) in [6.07, 6.45) is 5.67. The molecule has 1 aliphatic carbocycles. The Labute approximate surface area is 95.6 Å². The number of Topliss-reactive ketones (excluding diaryl/α,β-unsaturated/α-hetero) is 1. The molecule has 90 valence electrons. The molecule has 1 aliphatic heterocycles. The van der Waals surface area contributed by atoms with Crippen LogP contribution < -0.4 is 0 Å². The van der Waals surface area contributed by atoms with Crippen LogP contribution in [0.25, 0.3) is 0 Å². The van der Waals surface area contributed by atoms with Crippen LogP contribution in [0.3, 0.4) is 0 Å². The maximum atomic E-state index is 11.5. The molecule has 1 saturated carbocycles. The molecule has 1 saturated heterocycles. The molecule has 1 heterocycles. The lowest BCUT2D eigenvalue weighted by molar-refractivity contribution is -0.156. The molecule has 0 bridgehead atoms. The Morgan fingerprint density at radius 3 is 2.19 bits per heavy atom. The fraction of sp³-hybridized carbons (Fsp3) is 0.833. The minimum atomic E-state index is -0.693. The molecule has 0 radical (unpaired) electrons. The lowest BCUT2D eigenvalue weighted by Gasteiger charge is -2.44. The van der Waals surface area contributed by atoms with Crippen molar-refractivity contribution in [2.45, 2.75) is 50.5 Å². The van der Waals surface area contributed by atoms with Crippen LogP contribution in [0.1, 0.15) is 44.9 Å². The molecule has 0 aromatic carbocycles. The third kappa shape index (κ3) is 1.98. The fourth-order valence-corrected chi connectivity index (χ4v) is 2.99. The molecule has 0 aromatic heterocycles. The summed E-state index contributed by atoms with van der Waals surface area (Å²) >= 11 is 0. The number of likely N-dealkylation sites (tertiary alicyclic amines) is 1. The van der Waals surface area contributed by atoms with Gasteiger partial charge in [-0.15, -0.1) is 0 Å². The van der Waals surface area contributed by atoms with Crippen LogP contribution in [0.15, 0.2) is 0 Å². The number of carbonyl (C=O) groups excluding carboxylic acids is 1. The minimum absolute atomic E-state index is 0.271. The van der Waals surface area contributed by atoms with Gasteiger partial charge in [0.15, 0.2) is 0 Å². The van der Waals surface area contributed by atoms with Gasteiger partial charge in [-0.1, -0.05) is 19.3 Å². The van der Waals surface area contributed by atoms with E-state index in [-0.39, 0.29) is 5.78 Å². The highest BCUT2D eigenvalue weighted by Gasteiger charge is 2.45. The van der Waals surface area contributed by atoms with E-state index < -0.39 is 11.5 Å². The van der Waals surface area contributed by atoms with Crippen LogP contribution in [0.5, 0.6) is 0 Å². The molecule has 0 spiro atoms. The van der Waals surface area contributed by atoms with Crippen molar-refractivity contribution in [3.63, 3.8) is 0 Å². The zero-order chi connectivity index (χ0) is 11.6. The molecule has 2 rings (SSSR count). The molecule has 0 aromatic rings. The quantitative estimate of drug-likeness (QED) is 0.772. The van der Waals surface area contributed by atoms with E-state index >= 15 is 0 Å². The summed E-state index contributed by atoms with van der Waals surface area (Å²) in [5, 5.41) is 9.48. The van der Waals surface area contributed by atoms with Crippen molar-refractivity contribution in [3.8, 4) is 0 Å². The number of rotatable bonds is 2. The first-order chi connectivity index (χ1) is 7.65. The highest BCUT2D eigenvalue weighted by molar-refractivity contribution is 5.82. The molecule has 0 unspecified atom stereocenters. The van der Waals surface area contributed by atoms with Gasteiger partial charge in [-0.3, -0.25) is 14.5 Å². The first kappa shape index (κ1) is 11.6. The number of piperidine rings is 1. The van der Waals surface area contributed by atoms with Gasteiger partial charge in [-0.25, -0.2) is 0 Å². The van der Waals surface area contributed by atoms with Gasteiger partial charge in [0, 0.05) is 25.9 Å². The topological polar surface area (TPSA) is 57.6 Å². The Morgan fingerprint density at radius 1 is 1.12 bits per heavy atom. The third-order valence-corrected chi connectivity index (χ3v) is 4.01. The Morgan fingerprint density at radius 2 is 1.69 bits per heavy atom. The second kappa shape index (κ2) is 4.53. The fourth-order valence-electron chi connectivity index (χ4n) is 2.99. The molecule has 2 fully saturated rings. The van der Waals surface area contributed by atoms with Gasteiger partial charge in [-0.2, -0.15) is 0 Å². The van der Waals surface area contributed by atoms with Gasteiger partial charge in [0.25, 0.3) is 0 Å². The first-order valence-electron chi connectivity index (χ1n) is 6.15. The molecule has 4 nitrogen and oxygen atoms in total. The van der Waals surface area contributed by atoms with E-state index in [0.717, 1.165) is 32.1 Å². The second-order valence-corrected chi connectivity index (χ2v) is 4.92. The van der Waals surface area contributed by atoms with Crippen LogP contribution in [-0.4, -0.2) is 40.4 Å². The third-order valence-electron chi connectivity index (χ3n) is 4.01. The molecule has 2 aliphatic rings. The molecule has 0 amide bonds. The zero-order valence-corrected chi connectivity index (χ0v) is 9.57. The molecule has 16 heavy (non-hydrogen) atoms. The molecular weight excluding hydrogens is 206 g/mol. The Hall–Kier alpha value is -0.900. The lowest BCUT2D eigenvalue weighted by Crippen LogP contribution is -2.58. The molecule has 4 heteroatoms. The average Bonchev–Trinajstić information content (AvgIpc) is 2.30.